The van der Waals surface area contributed by atoms with Gasteiger partial charge in [0.1, 0.15) is 11.6 Å². The van der Waals surface area contributed by atoms with Gasteiger partial charge in [-0.05, 0) is 13.8 Å². The Morgan fingerprint density at radius 1 is 1.38 bits per heavy atom. The van der Waals surface area contributed by atoms with Crippen molar-refractivity contribution in [2.75, 3.05) is 20.1 Å². The molecular formula is C12H20N4O5. The highest BCUT2D eigenvalue weighted by Gasteiger charge is 2.43. The van der Waals surface area contributed by atoms with E-state index in [9.17, 15) is 19.2 Å². The summed E-state index contributed by atoms with van der Waals surface area (Å²) in [6.45, 7) is 3.77. The van der Waals surface area contributed by atoms with Crippen LogP contribution < -0.4 is 11.1 Å². The molecule has 1 heterocycles. The maximum Gasteiger partial charge on any atom is 0.326 e. The third kappa shape index (κ3) is 3.61. The van der Waals surface area contributed by atoms with Crippen LogP contribution in [0.2, 0.25) is 0 Å². The standard InChI is InChI=1S/C12H20N4O5/c1-12(2)10(20)15(3)4-5-16(12)11(21)14-7(9(18)19)6-8(13)17/h7H,4-6H2,1-3H3,(H2,13,17)(H,14,21)(H,18,19)/t7-/m1/s1. The van der Waals surface area contributed by atoms with Crippen molar-refractivity contribution in [2.45, 2.75) is 31.8 Å². The minimum absolute atomic E-state index is 0.245. The number of piperazine rings is 1. The number of hydrogen-bond acceptors (Lipinski definition) is 4. The van der Waals surface area contributed by atoms with Crippen LogP contribution in [0.1, 0.15) is 20.3 Å². The highest BCUT2D eigenvalue weighted by molar-refractivity contribution is 5.93. The van der Waals surface area contributed by atoms with Crippen molar-refractivity contribution in [2.24, 2.45) is 5.73 Å². The number of carbonyl (C=O) groups excluding carboxylic acids is 3. The molecule has 9 heteroatoms. The van der Waals surface area contributed by atoms with E-state index >= 15 is 0 Å². The van der Waals surface area contributed by atoms with Crippen molar-refractivity contribution in [1.29, 1.82) is 0 Å². The van der Waals surface area contributed by atoms with E-state index < -0.39 is 35.9 Å². The monoisotopic (exact) mass is 300 g/mol. The number of nitrogens with zero attached hydrogens (tertiary/aromatic N) is 2. The van der Waals surface area contributed by atoms with Gasteiger partial charge in [-0.2, -0.15) is 0 Å². The molecule has 4 amide bonds. The number of carboxylic acid groups (broad SMARTS) is 1. The number of primary amides is 1. The molecule has 0 bridgehead atoms. The number of nitrogens with two attached hydrogens (primary N) is 1. The average Bonchev–Trinajstić information content (AvgIpc) is 2.34. The number of rotatable bonds is 4. The van der Waals surface area contributed by atoms with Gasteiger partial charge in [-0.15, -0.1) is 0 Å². The molecule has 1 rings (SSSR count). The first-order valence-corrected chi connectivity index (χ1v) is 6.42. The van der Waals surface area contributed by atoms with Crippen molar-refractivity contribution in [1.82, 2.24) is 15.1 Å². The van der Waals surface area contributed by atoms with Crippen molar-refractivity contribution in [3.05, 3.63) is 0 Å². The van der Waals surface area contributed by atoms with Crippen LogP contribution in [-0.2, 0) is 14.4 Å². The van der Waals surface area contributed by atoms with E-state index in [1.807, 2.05) is 0 Å². The Balaban J connectivity index is 2.85. The molecule has 1 fully saturated rings. The van der Waals surface area contributed by atoms with Gasteiger partial charge in [-0.3, -0.25) is 9.59 Å². The van der Waals surface area contributed by atoms with Gasteiger partial charge in [0.15, 0.2) is 0 Å². The van der Waals surface area contributed by atoms with Crippen LogP contribution >= 0.6 is 0 Å². The normalized spacial score (nSPS) is 19.1. The number of hydrogen-bond donors (Lipinski definition) is 3. The number of likely N-dealkylation sites (N-methyl/N-ethyl adjacent to an activating group) is 1. The lowest BCUT2D eigenvalue weighted by molar-refractivity contribution is -0.144. The predicted octanol–water partition coefficient (Wildman–Crippen LogP) is -1.42. The molecular weight excluding hydrogens is 280 g/mol. The van der Waals surface area contributed by atoms with Crippen LogP contribution in [0.3, 0.4) is 0 Å². The first kappa shape index (κ1) is 16.7. The molecule has 0 spiro atoms. The summed E-state index contributed by atoms with van der Waals surface area (Å²) in [7, 11) is 1.63. The van der Waals surface area contributed by atoms with Crippen molar-refractivity contribution < 1.29 is 24.3 Å². The molecule has 9 nitrogen and oxygen atoms in total. The molecule has 1 saturated heterocycles. The number of amides is 4. The molecule has 0 aromatic carbocycles. The topological polar surface area (TPSA) is 133 Å². The molecule has 1 aliphatic rings. The third-order valence-electron chi connectivity index (χ3n) is 3.45. The number of carboxylic acids is 1. The Kier molecular flexibility index (Phi) is 4.77. The number of nitrogens with one attached hydrogen (secondary N) is 1. The summed E-state index contributed by atoms with van der Waals surface area (Å²) in [4.78, 5) is 48.9. The van der Waals surface area contributed by atoms with Gasteiger partial charge in [0, 0.05) is 20.1 Å². The largest absolute Gasteiger partial charge is 0.480 e. The van der Waals surface area contributed by atoms with Crippen LogP contribution in [0.25, 0.3) is 0 Å². The van der Waals surface area contributed by atoms with Gasteiger partial charge in [0.25, 0.3) is 0 Å². The van der Waals surface area contributed by atoms with Gasteiger partial charge in [0.2, 0.25) is 11.8 Å². The molecule has 0 saturated carbocycles. The van der Waals surface area contributed by atoms with Crippen LogP contribution in [0.5, 0.6) is 0 Å². The fourth-order valence-corrected chi connectivity index (χ4v) is 2.20. The Morgan fingerprint density at radius 3 is 2.43 bits per heavy atom. The molecule has 0 aromatic heterocycles. The van der Waals surface area contributed by atoms with Crippen LogP contribution in [0.4, 0.5) is 4.79 Å². The maximum absolute atomic E-state index is 12.2. The van der Waals surface area contributed by atoms with Crippen LogP contribution in [-0.4, -0.2) is 70.4 Å². The minimum Gasteiger partial charge on any atom is -0.480 e. The summed E-state index contributed by atoms with van der Waals surface area (Å²) in [5.74, 6) is -2.44. The Morgan fingerprint density at radius 2 is 1.95 bits per heavy atom. The van der Waals surface area contributed by atoms with Gasteiger partial charge in [-0.1, -0.05) is 0 Å². The summed E-state index contributed by atoms with van der Waals surface area (Å²) >= 11 is 0. The van der Waals surface area contributed by atoms with E-state index in [1.54, 1.807) is 20.9 Å². The van der Waals surface area contributed by atoms with E-state index in [0.717, 1.165) is 0 Å². The minimum atomic E-state index is -1.42. The van der Waals surface area contributed by atoms with E-state index in [-0.39, 0.29) is 12.5 Å². The van der Waals surface area contributed by atoms with Gasteiger partial charge in [-0.25, -0.2) is 9.59 Å². The first-order chi connectivity index (χ1) is 9.57. The lowest BCUT2D eigenvalue weighted by Gasteiger charge is -2.44. The lowest BCUT2D eigenvalue weighted by Crippen LogP contribution is -2.66. The summed E-state index contributed by atoms with van der Waals surface area (Å²) in [6.07, 6.45) is -0.511. The predicted molar refractivity (Wildman–Crippen MR) is 72.2 cm³/mol. The first-order valence-electron chi connectivity index (χ1n) is 6.42. The zero-order valence-electron chi connectivity index (χ0n) is 12.3. The van der Waals surface area contributed by atoms with Crippen molar-refractivity contribution >= 4 is 23.8 Å². The maximum atomic E-state index is 12.2. The molecule has 0 aromatic rings. The van der Waals surface area contributed by atoms with E-state index in [2.05, 4.69) is 5.32 Å². The second-order valence-corrected chi connectivity index (χ2v) is 5.45. The fraction of sp³-hybridized carbons (Fsp3) is 0.667. The number of aliphatic carboxylic acids is 1. The summed E-state index contributed by atoms with van der Waals surface area (Å²) in [5.41, 5.74) is 3.86. The molecule has 0 aliphatic carbocycles. The third-order valence-corrected chi connectivity index (χ3v) is 3.45. The number of carbonyl (C=O) groups is 4. The smallest absolute Gasteiger partial charge is 0.326 e. The van der Waals surface area contributed by atoms with E-state index in [1.165, 1.54) is 9.80 Å². The molecule has 0 radical (unpaired) electrons. The van der Waals surface area contributed by atoms with E-state index in [4.69, 9.17) is 10.8 Å². The second kappa shape index (κ2) is 5.98. The van der Waals surface area contributed by atoms with Crippen molar-refractivity contribution in [3.8, 4) is 0 Å². The molecule has 1 atom stereocenters. The van der Waals surface area contributed by atoms with Crippen LogP contribution in [0, 0.1) is 0 Å². The second-order valence-electron chi connectivity index (χ2n) is 5.45. The van der Waals surface area contributed by atoms with Crippen molar-refractivity contribution in [3.63, 3.8) is 0 Å². The highest BCUT2D eigenvalue weighted by Crippen LogP contribution is 2.21. The number of urea groups is 1. The molecule has 4 N–H and O–H groups in total. The Hall–Kier alpha value is -2.32. The van der Waals surface area contributed by atoms with Gasteiger partial charge >= 0.3 is 12.0 Å². The van der Waals surface area contributed by atoms with Gasteiger partial charge in [0.05, 0.1) is 6.42 Å². The molecule has 21 heavy (non-hydrogen) atoms. The highest BCUT2D eigenvalue weighted by atomic mass is 16.4. The average molecular weight is 300 g/mol. The summed E-state index contributed by atoms with van der Waals surface area (Å²) in [6, 6.07) is -2.13. The SMILES string of the molecule is CN1CCN(C(=O)N[C@H](CC(N)=O)C(=O)O)C(C)(C)C1=O. The molecule has 118 valence electrons. The lowest BCUT2D eigenvalue weighted by atomic mass is 9.98. The van der Waals surface area contributed by atoms with Gasteiger partial charge < -0.3 is 26.0 Å². The molecule has 0 unspecified atom stereocenters. The summed E-state index contributed by atoms with van der Waals surface area (Å²) in [5, 5.41) is 11.2. The fourth-order valence-electron chi connectivity index (χ4n) is 2.20. The summed E-state index contributed by atoms with van der Waals surface area (Å²) < 4.78 is 0. The Bertz CT molecular complexity index is 476. The zero-order valence-corrected chi connectivity index (χ0v) is 12.3. The zero-order chi connectivity index (χ0) is 16.4. The molecule has 1 aliphatic heterocycles. The van der Waals surface area contributed by atoms with Crippen LogP contribution in [0.15, 0.2) is 0 Å². The van der Waals surface area contributed by atoms with E-state index in [0.29, 0.717) is 6.54 Å². The quantitative estimate of drug-likeness (QED) is 0.586. The Labute approximate surface area is 122 Å².